The highest BCUT2D eigenvalue weighted by atomic mass is 16.5. The van der Waals surface area contributed by atoms with Crippen molar-refractivity contribution in [1.29, 1.82) is 0 Å². The third-order valence-corrected chi connectivity index (χ3v) is 2.16. The van der Waals surface area contributed by atoms with Crippen molar-refractivity contribution >= 4 is 0 Å². The molecule has 1 unspecified atom stereocenters. The molecule has 0 fully saturated rings. The topological polar surface area (TPSA) is 59.3 Å². The molecular formula is C10H19N3O2. The van der Waals surface area contributed by atoms with Crippen LogP contribution in [0.15, 0.2) is 12.4 Å². The van der Waals surface area contributed by atoms with Crippen LogP contribution in [0.2, 0.25) is 0 Å². The van der Waals surface area contributed by atoms with E-state index in [1.807, 2.05) is 19.4 Å². The summed E-state index contributed by atoms with van der Waals surface area (Å²) in [6.45, 7) is 3.96. The molecule has 1 heterocycles. The molecule has 0 aromatic carbocycles. The Morgan fingerprint density at radius 3 is 3.00 bits per heavy atom. The Morgan fingerprint density at radius 2 is 2.40 bits per heavy atom. The quantitative estimate of drug-likeness (QED) is 0.630. The highest BCUT2D eigenvalue weighted by Gasteiger charge is 2.05. The zero-order valence-electron chi connectivity index (χ0n) is 9.31. The molecule has 86 valence electrons. The number of aliphatic hydroxyl groups is 1. The van der Waals surface area contributed by atoms with Crippen molar-refractivity contribution in [3.05, 3.63) is 18.0 Å². The molecule has 5 heteroatoms. The molecule has 0 spiro atoms. The summed E-state index contributed by atoms with van der Waals surface area (Å²) in [5, 5.41) is 15.9. The summed E-state index contributed by atoms with van der Waals surface area (Å²) >= 11 is 0. The molecule has 0 saturated heterocycles. The summed E-state index contributed by atoms with van der Waals surface area (Å²) in [5.41, 5.74) is 1.17. The van der Waals surface area contributed by atoms with Crippen molar-refractivity contribution in [2.24, 2.45) is 7.05 Å². The maximum absolute atomic E-state index is 8.50. The Bertz CT molecular complexity index is 275. The smallest absolute Gasteiger partial charge is 0.0698 e. The monoisotopic (exact) mass is 213 g/mol. The van der Waals surface area contributed by atoms with Crippen LogP contribution in [0.25, 0.3) is 0 Å². The molecule has 0 saturated carbocycles. The zero-order valence-corrected chi connectivity index (χ0v) is 9.31. The van der Waals surface area contributed by atoms with Gasteiger partial charge in [-0.25, -0.2) is 0 Å². The van der Waals surface area contributed by atoms with E-state index in [1.54, 1.807) is 4.68 Å². The van der Waals surface area contributed by atoms with Gasteiger partial charge in [0, 0.05) is 31.4 Å². The molecule has 0 bridgehead atoms. The average molecular weight is 213 g/mol. The fourth-order valence-electron chi connectivity index (χ4n) is 1.30. The van der Waals surface area contributed by atoms with Crippen LogP contribution in [-0.2, 0) is 11.8 Å². The maximum atomic E-state index is 8.50. The van der Waals surface area contributed by atoms with E-state index in [9.17, 15) is 0 Å². The number of aryl methyl sites for hydroxylation is 1. The lowest BCUT2D eigenvalue weighted by atomic mass is 10.2. The van der Waals surface area contributed by atoms with Gasteiger partial charge in [0.05, 0.1) is 26.0 Å². The molecular weight excluding hydrogens is 194 g/mol. The van der Waals surface area contributed by atoms with Gasteiger partial charge in [-0.1, -0.05) is 0 Å². The van der Waals surface area contributed by atoms with Gasteiger partial charge in [0.15, 0.2) is 0 Å². The Labute approximate surface area is 90.1 Å². The second-order valence-corrected chi connectivity index (χ2v) is 3.46. The highest BCUT2D eigenvalue weighted by Crippen LogP contribution is 2.09. The van der Waals surface area contributed by atoms with E-state index in [0.29, 0.717) is 13.2 Å². The molecule has 1 aromatic rings. The van der Waals surface area contributed by atoms with Crippen molar-refractivity contribution in [3.63, 3.8) is 0 Å². The molecule has 0 aliphatic heterocycles. The van der Waals surface area contributed by atoms with E-state index in [4.69, 9.17) is 9.84 Å². The number of nitrogens with one attached hydrogen (secondary N) is 1. The van der Waals surface area contributed by atoms with Crippen molar-refractivity contribution in [2.45, 2.75) is 13.0 Å². The van der Waals surface area contributed by atoms with E-state index in [1.165, 1.54) is 5.56 Å². The standard InChI is InChI=1S/C10H19N3O2/c1-9(10-7-12-13(2)8-10)11-3-5-15-6-4-14/h7-9,11,14H,3-6H2,1-2H3. The van der Waals surface area contributed by atoms with Gasteiger partial charge < -0.3 is 15.2 Å². The van der Waals surface area contributed by atoms with E-state index >= 15 is 0 Å². The first kappa shape index (κ1) is 12.2. The van der Waals surface area contributed by atoms with Crippen LogP contribution < -0.4 is 5.32 Å². The first-order valence-electron chi connectivity index (χ1n) is 5.14. The van der Waals surface area contributed by atoms with Crippen molar-refractivity contribution in [2.75, 3.05) is 26.4 Å². The van der Waals surface area contributed by atoms with Gasteiger partial charge in [-0.2, -0.15) is 5.10 Å². The van der Waals surface area contributed by atoms with Gasteiger partial charge in [0.1, 0.15) is 0 Å². The van der Waals surface area contributed by atoms with Crippen molar-refractivity contribution < 1.29 is 9.84 Å². The molecule has 0 aliphatic carbocycles. The molecule has 1 atom stereocenters. The molecule has 0 amide bonds. The zero-order chi connectivity index (χ0) is 11.1. The number of hydrogen-bond donors (Lipinski definition) is 2. The average Bonchev–Trinajstić information content (AvgIpc) is 2.64. The lowest BCUT2D eigenvalue weighted by molar-refractivity contribution is 0.0928. The summed E-state index contributed by atoms with van der Waals surface area (Å²) in [4.78, 5) is 0. The molecule has 5 nitrogen and oxygen atoms in total. The van der Waals surface area contributed by atoms with E-state index < -0.39 is 0 Å². The number of aromatic nitrogens is 2. The fraction of sp³-hybridized carbons (Fsp3) is 0.700. The molecule has 1 rings (SSSR count). The van der Waals surface area contributed by atoms with E-state index in [0.717, 1.165) is 6.54 Å². The van der Waals surface area contributed by atoms with E-state index in [-0.39, 0.29) is 12.6 Å². The Morgan fingerprint density at radius 1 is 1.60 bits per heavy atom. The summed E-state index contributed by atoms with van der Waals surface area (Å²) < 4.78 is 6.93. The first-order chi connectivity index (χ1) is 7.24. The second-order valence-electron chi connectivity index (χ2n) is 3.46. The fourth-order valence-corrected chi connectivity index (χ4v) is 1.30. The van der Waals surface area contributed by atoms with Crippen molar-refractivity contribution in [3.8, 4) is 0 Å². The van der Waals surface area contributed by atoms with Gasteiger partial charge in [0.25, 0.3) is 0 Å². The minimum atomic E-state index is 0.0815. The van der Waals surface area contributed by atoms with Crippen LogP contribution in [0.5, 0.6) is 0 Å². The van der Waals surface area contributed by atoms with Crippen LogP contribution in [-0.4, -0.2) is 41.3 Å². The largest absolute Gasteiger partial charge is 0.394 e. The molecule has 0 aliphatic rings. The van der Waals surface area contributed by atoms with Crippen molar-refractivity contribution in [1.82, 2.24) is 15.1 Å². The lowest BCUT2D eigenvalue weighted by Crippen LogP contribution is -2.23. The predicted molar refractivity (Wildman–Crippen MR) is 57.5 cm³/mol. The van der Waals surface area contributed by atoms with Crippen LogP contribution in [0.4, 0.5) is 0 Å². The number of aliphatic hydroxyl groups excluding tert-OH is 1. The minimum absolute atomic E-state index is 0.0815. The van der Waals surface area contributed by atoms with Gasteiger partial charge in [-0.05, 0) is 6.92 Å². The predicted octanol–water partition coefficient (Wildman–Crippen LogP) is 0.0796. The second kappa shape index (κ2) is 6.55. The third-order valence-electron chi connectivity index (χ3n) is 2.16. The molecule has 2 N–H and O–H groups in total. The number of rotatable bonds is 7. The molecule has 0 radical (unpaired) electrons. The van der Waals surface area contributed by atoms with Gasteiger partial charge in [0.2, 0.25) is 0 Å². The Hall–Kier alpha value is -0.910. The minimum Gasteiger partial charge on any atom is -0.394 e. The Balaban J connectivity index is 2.16. The number of nitrogens with zero attached hydrogens (tertiary/aromatic N) is 2. The van der Waals surface area contributed by atoms with Crippen LogP contribution in [0.1, 0.15) is 18.5 Å². The van der Waals surface area contributed by atoms with Gasteiger partial charge in [-0.15, -0.1) is 0 Å². The normalized spacial score (nSPS) is 13.0. The first-order valence-corrected chi connectivity index (χ1v) is 5.14. The van der Waals surface area contributed by atoms with Gasteiger partial charge in [-0.3, -0.25) is 4.68 Å². The van der Waals surface area contributed by atoms with Crippen LogP contribution in [0.3, 0.4) is 0 Å². The van der Waals surface area contributed by atoms with Crippen LogP contribution >= 0.6 is 0 Å². The third kappa shape index (κ3) is 4.42. The summed E-state index contributed by atoms with van der Waals surface area (Å²) in [7, 11) is 1.90. The van der Waals surface area contributed by atoms with E-state index in [2.05, 4.69) is 17.3 Å². The maximum Gasteiger partial charge on any atom is 0.0698 e. The summed E-state index contributed by atoms with van der Waals surface area (Å²) in [5.74, 6) is 0. The highest BCUT2D eigenvalue weighted by molar-refractivity contribution is 5.08. The molecule has 15 heavy (non-hydrogen) atoms. The number of hydrogen-bond acceptors (Lipinski definition) is 4. The Kier molecular flexibility index (Phi) is 5.31. The SMILES string of the molecule is CC(NCCOCCO)c1cnn(C)c1. The lowest BCUT2D eigenvalue weighted by Gasteiger charge is -2.11. The summed E-state index contributed by atoms with van der Waals surface area (Å²) in [6.07, 6.45) is 3.85. The summed E-state index contributed by atoms with van der Waals surface area (Å²) in [6, 6.07) is 0.274. The number of ether oxygens (including phenoxy) is 1. The van der Waals surface area contributed by atoms with Crippen LogP contribution in [0, 0.1) is 0 Å². The molecule has 1 aromatic heterocycles. The van der Waals surface area contributed by atoms with Gasteiger partial charge >= 0.3 is 0 Å².